The fourth-order valence-corrected chi connectivity index (χ4v) is 2.93. The van der Waals surface area contributed by atoms with Crippen LogP contribution in [0.25, 0.3) is 0 Å². The van der Waals surface area contributed by atoms with E-state index < -0.39 is 12.2 Å². The van der Waals surface area contributed by atoms with Gasteiger partial charge in [-0.2, -0.15) is 0 Å². The van der Waals surface area contributed by atoms with Crippen LogP contribution in [0.1, 0.15) is 18.1 Å². The lowest BCUT2D eigenvalue weighted by Crippen LogP contribution is -2.40. The summed E-state index contributed by atoms with van der Waals surface area (Å²) in [6.07, 6.45) is -0.617. The third-order valence-corrected chi connectivity index (χ3v) is 3.95. The van der Waals surface area contributed by atoms with Gasteiger partial charge in [-0.05, 0) is 6.07 Å². The van der Waals surface area contributed by atoms with Crippen LogP contribution >= 0.6 is 0 Å². The second kappa shape index (κ2) is 5.00. The second-order valence-electron chi connectivity index (χ2n) is 5.24. The summed E-state index contributed by atoms with van der Waals surface area (Å²) in [5.74, 6) is -0.549. The van der Waals surface area contributed by atoms with Gasteiger partial charge in [-0.15, -0.1) is 0 Å². The van der Waals surface area contributed by atoms with Crippen LogP contribution in [0.3, 0.4) is 0 Å². The molecule has 2 aliphatic heterocycles. The third-order valence-electron chi connectivity index (χ3n) is 3.95. The van der Waals surface area contributed by atoms with Gasteiger partial charge in [0.05, 0.1) is 18.3 Å². The van der Waals surface area contributed by atoms with Gasteiger partial charge in [0.25, 0.3) is 0 Å². The number of nitrogens with two attached hydrogens (primary N) is 1. The molecular formula is C14H16FN3O3. The first kappa shape index (κ1) is 13.8. The van der Waals surface area contributed by atoms with Crippen molar-refractivity contribution in [2.45, 2.75) is 32.0 Å². The third kappa shape index (κ3) is 2.13. The van der Waals surface area contributed by atoms with E-state index in [1.54, 1.807) is 12.1 Å². The van der Waals surface area contributed by atoms with Crippen LogP contribution in [-0.4, -0.2) is 30.7 Å². The van der Waals surface area contributed by atoms with Crippen LogP contribution in [0, 0.1) is 5.82 Å². The van der Waals surface area contributed by atoms with Gasteiger partial charge in [-0.3, -0.25) is 9.69 Å². The van der Waals surface area contributed by atoms with Gasteiger partial charge >= 0.3 is 6.09 Å². The summed E-state index contributed by atoms with van der Waals surface area (Å²) in [6.45, 7) is 1.73. The summed E-state index contributed by atoms with van der Waals surface area (Å²) >= 11 is 0. The van der Waals surface area contributed by atoms with Crippen molar-refractivity contribution in [2.24, 2.45) is 5.73 Å². The molecule has 21 heavy (non-hydrogen) atoms. The Morgan fingerprint density at radius 2 is 2.33 bits per heavy atom. The summed E-state index contributed by atoms with van der Waals surface area (Å²) in [5, 5.41) is 2.63. The largest absolute Gasteiger partial charge is 0.442 e. The van der Waals surface area contributed by atoms with Crippen LogP contribution in [0.4, 0.5) is 14.9 Å². The first-order valence-corrected chi connectivity index (χ1v) is 6.77. The molecule has 3 rings (SSSR count). The number of amides is 2. The Kier molecular flexibility index (Phi) is 3.29. The van der Waals surface area contributed by atoms with E-state index in [1.165, 1.54) is 11.8 Å². The molecule has 1 aromatic carbocycles. The smallest absolute Gasteiger partial charge is 0.415 e. The fourth-order valence-electron chi connectivity index (χ4n) is 2.93. The number of fused-ring (bicyclic) bond motifs is 3. The number of nitrogens with zero attached hydrogens (tertiary/aromatic N) is 1. The molecule has 0 saturated carbocycles. The highest BCUT2D eigenvalue weighted by atomic mass is 19.1. The summed E-state index contributed by atoms with van der Waals surface area (Å²) in [4.78, 5) is 24.4. The molecule has 0 aromatic heterocycles. The van der Waals surface area contributed by atoms with Crippen molar-refractivity contribution in [2.75, 3.05) is 11.4 Å². The number of ether oxygens (including phenoxy) is 1. The highest BCUT2D eigenvalue weighted by Crippen LogP contribution is 2.40. The second-order valence-corrected chi connectivity index (χ2v) is 5.24. The van der Waals surface area contributed by atoms with Crippen molar-refractivity contribution in [1.29, 1.82) is 0 Å². The molecule has 3 N–H and O–H groups in total. The lowest BCUT2D eigenvalue weighted by Gasteiger charge is -2.16. The van der Waals surface area contributed by atoms with Crippen LogP contribution in [0.2, 0.25) is 0 Å². The average molecular weight is 293 g/mol. The van der Waals surface area contributed by atoms with Gasteiger partial charge in [-0.1, -0.05) is 6.07 Å². The molecule has 2 amide bonds. The monoisotopic (exact) mass is 293 g/mol. The number of halogens is 1. The van der Waals surface area contributed by atoms with E-state index in [9.17, 15) is 14.0 Å². The van der Waals surface area contributed by atoms with Crippen molar-refractivity contribution in [3.8, 4) is 0 Å². The molecule has 0 aliphatic carbocycles. The van der Waals surface area contributed by atoms with Gasteiger partial charge in [0.1, 0.15) is 11.9 Å². The molecule has 0 bridgehead atoms. The minimum Gasteiger partial charge on any atom is -0.442 e. The van der Waals surface area contributed by atoms with Gasteiger partial charge in [0.2, 0.25) is 5.91 Å². The zero-order valence-corrected chi connectivity index (χ0v) is 11.6. The molecule has 0 radical (unpaired) electrons. The number of hydrogen-bond acceptors (Lipinski definition) is 4. The maximum Gasteiger partial charge on any atom is 0.415 e. The van der Waals surface area contributed by atoms with E-state index in [-0.39, 0.29) is 30.9 Å². The molecular weight excluding hydrogens is 277 g/mol. The maximum absolute atomic E-state index is 14.3. The van der Waals surface area contributed by atoms with E-state index in [1.807, 2.05) is 0 Å². The highest BCUT2D eigenvalue weighted by Gasteiger charge is 2.48. The predicted molar refractivity (Wildman–Crippen MR) is 73.2 cm³/mol. The molecule has 1 saturated heterocycles. The maximum atomic E-state index is 14.3. The van der Waals surface area contributed by atoms with Crippen molar-refractivity contribution < 1.29 is 18.7 Å². The zero-order valence-electron chi connectivity index (χ0n) is 11.6. The first-order chi connectivity index (χ1) is 10.0. The van der Waals surface area contributed by atoms with Crippen molar-refractivity contribution in [3.63, 3.8) is 0 Å². The van der Waals surface area contributed by atoms with Crippen molar-refractivity contribution in [3.05, 3.63) is 29.1 Å². The number of cyclic esters (lactones) is 1. The Morgan fingerprint density at radius 3 is 3.00 bits per heavy atom. The van der Waals surface area contributed by atoms with Crippen molar-refractivity contribution >= 4 is 17.7 Å². The zero-order chi connectivity index (χ0) is 15.1. The Bertz CT molecular complexity index is 620. The number of rotatable bonds is 3. The van der Waals surface area contributed by atoms with E-state index in [4.69, 9.17) is 10.5 Å². The summed E-state index contributed by atoms with van der Waals surface area (Å²) < 4.78 is 19.6. The quantitative estimate of drug-likeness (QED) is 0.858. The molecule has 2 aliphatic rings. The summed E-state index contributed by atoms with van der Waals surface area (Å²) in [7, 11) is 0. The first-order valence-electron chi connectivity index (χ1n) is 6.77. The van der Waals surface area contributed by atoms with E-state index in [0.29, 0.717) is 23.2 Å². The van der Waals surface area contributed by atoms with Crippen molar-refractivity contribution in [1.82, 2.24) is 5.32 Å². The van der Waals surface area contributed by atoms with Crippen LogP contribution in [-0.2, 0) is 22.5 Å². The number of benzene rings is 1. The lowest BCUT2D eigenvalue weighted by atomic mass is 10.0. The number of hydrogen-bond donors (Lipinski definition) is 2. The predicted octanol–water partition coefficient (Wildman–Crippen LogP) is 0.670. The molecule has 1 aromatic rings. The molecule has 7 heteroatoms. The number of anilines is 1. The van der Waals surface area contributed by atoms with Gasteiger partial charge < -0.3 is 15.8 Å². The summed E-state index contributed by atoms with van der Waals surface area (Å²) in [5.41, 5.74) is 6.96. The number of carbonyl (C=O) groups excluding carboxylic acids is 2. The van der Waals surface area contributed by atoms with Crippen LogP contribution < -0.4 is 16.0 Å². The molecule has 1 fully saturated rings. The standard InChI is InChI=1S/C14H16FN3O3/c1-7(19)17-6-12-11-4-9-10(18(11)14(20)21-12)3-2-8(5-16)13(9)15/h2-3,11-12H,4-6,16H2,1H3,(H,17,19)/t11-,12-/m0/s1. The van der Waals surface area contributed by atoms with Crippen LogP contribution in [0.15, 0.2) is 12.1 Å². The Hall–Kier alpha value is -2.15. The van der Waals surface area contributed by atoms with E-state index in [0.717, 1.165) is 0 Å². The minimum atomic E-state index is -0.506. The van der Waals surface area contributed by atoms with Gasteiger partial charge in [0, 0.05) is 31.0 Å². The Labute approximate surface area is 121 Å². The topological polar surface area (TPSA) is 84.7 Å². The average Bonchev–Trinajstić information content (AvgIpc) is 2.96. The molecule has 0 spiro atoms. The van der Waals surface area contributed by atoms with E-state index in [2.05, 4.69) is 5.32 Å². The van der Waals surface area contributed by atoms with Crippen LogP contribution in [0.5, 0.6) is 0 Å². The number of nitrogens with one attached hydrogen (secondary N) is 1. The minimum absolute atomic E-state index is 0.115. The molecule has 0 unspecified atom stereocenters. The Morgan fingerprint density at radius 1 is 1.57 bits per heavy atom. The number of carbonyl (C=O) groups is 2. The molecule has 6 nitrogen and oxygen atoms in total. The Balaban J connectivity index is 1.90. The highest BCUT2D eigenvalue weighted by molar-refractivity contribution is 5.94. The molecule has 112 valence electrons. The van der Waals surface area contributed by atoms with E-state index >= 15 is 0 Å². The normalized spacial score (nSPS) is 22.8. The summed E-state index contributed by atoms with van der Waals surface area (Å²) in [6, 6.07) is 3.00. The molecule has 2 heterocycles. The fraction of sp³-hybridized carbons (Fsp3) is 0.429. The SMILES string of the molecule is CC(=O)NC[C@@H]1OC(=O)N2c3ccc(CN)c(F)c3C[C@@H]12. The lowest BCUT2D eigenvalue weighted by molar-refractivity contribution is -0.119. The van der Waals surface area contributed by atoms with Gasteiger partial charge in [-0.25, -0.2) is 9.18 Å². The molecule has 2 atom stereocenters. The van der Waals surface area contributed by atoms with Gasteiger partial charge in [0.15, 0.2) is 0 Å².